The van der Waals surface area contributed by atoms with Gasteiger partial charge in [-0.3, -0.25) is 4.79 Å². The van der Waals surface area contributed by atoms with Gasteiger partial charge in [0.15, 0.2) is 0 Å². The van der Waals surface area contributed by atoms with Crippen molar-refractivity contribution in [3.05, 3.63) is 16.5 Å². The lowest BCUT2D eigenvalue weighted by Crippen LogP contribution is -2.41. The number of hydrogen-bond acceptors (Lipinski definition) is 4. The zero-order valence-corrected chi connectivity index (χ0v) is 12.4. The number of carbonyl (C=O) groups is 2. The number of carboxylic acids is 1. The van der Waals surface area contributed by atoms with E-state index in [-0.39, 0.29) is 11.5 Å². The minimum atomic E-state index is -1.04. The Hall–Kier alpha value is -1.40. The quantitative estimate of drug-likeness (QED) is 0.842. The van der Waals surface area contributed by atoms with Gasteiger partial charge in [-0.1, -0.05) is 13.8 Å². The van der Waals surface area contributed by atoms with E-state index in [0.29, 0.717) is 11.4 Å². The topological polar surface area (TPSA) is 75.6 Å². The average Bonchev–Trinajstić information content (AvgIpc) is 2.80. The number of carbonyl (C=O) groups excluding carboxylic acids is 1. The van der Waals surface area contributed by atoms with Gasteiger partial charge in [-0.2, -0.15) is 0 Å². The van der Waals surface area contributed by atoms with Crippen molar-refractivity contribution >= 4 is 28.2 Å². The molecule has 106 valence electrons. The Morgan fingerprint density at radius 3 is 2.53 bits per heavy atom. The molecule has 0 saturated carbocycles. The summed E-state index contributed by atoms with van der Waals surface area (Å²) in [5, 5.41) is 12.2. The van der Waals surface area contributed by atoms with E-state index in [0.717, 1.165) is 11.3 Å². The molecule has 19 heavy (non-hydrogen) atoms. The molecule has 2 N–H and O–H groups in total. The predicted molar refractivity (Wildman–Crippen MR) is 75.0 cm³/mol. The molecule has 1 unspecified atom stereocenters. The smallest absolute Gasteiger partial charge is 0.338 e. The van der Waals surface area contributed by atoms with Crippen molar-refractivity contribution in [3.63, 3.8) is 0 Å². The van der Waals surface area contributed by atoms with E-state index in [2.05, 4.69) is 5.32 Å². The van der Waals surface area contributed by atoms with Crippen LogP contribution in [-0.4, -0.2) is 29.7 Å². The molecular formula is C13H19NO4S. The Morgan fingerprint density at radius 2 is 2.11 bits per heavy atom. The number of hydrogen-bond donors (Lipinski definition) is 2. The molecule has 0 aromatic carbocycles. The van der Waals surface area contributed by atoms with Crippen molar-refractivity contribution in [1.29, 1.82) is 0 Å². The van der Waals surface area contributed by atoms with E-state index in [1.807, 2.05) is 13.8 Å². The van der Waals surface area contributed by atoms with Crippen LogP contribution in [0.2, 0.25) is 0 Å². The van der Waals surface area contributed by atoms with Crippen LogP contribution in [0.25, 0.3) is 0 Å². The fraction of sp³-hybridized carbons (Fsp3) is 0.538. The number of nitrogens with one attached hydrogen (secondary N) is 1. The highest BCUT2D eigenvalue weighted by Gasteiger charge is 2.32. The summed E-state index contributed by atoms with van der Waals surface area (Å²) in [7, 11) is 1.47. The third-order valence-electron chi connectivity index (χ3n) is 3.19. The number of amides is 1. The molecule has 6 heteroatoms. The van der Waals surface area contributed by atoms with Crippen LogP contribution in [0.1, 0.15) is 42.4 Å². The second kappa shape index (κ2) is 6.16. The molecule has 0 radical (unpaired) electrons. The van der Waals surface area contributed by atoms with Gasteiger partial charge in [0.2, 0.25) is 0 Å². The molecule has 0 bridgehead atoms. The monoisotopic (exact) mass is 285 g/mol. The molecule has 1 heterocycles. The SMILES string of the molecule is CCc1cc(C(=O)O)c(NC(=O)C(C)(CC)OC)s1. The largest absolute Gasteiger partial charge is 0.478 e. The Balaban J connectivity index is 3.02. The number of rotatable bonds is 6. The molecule has 0 saturated heterocycles. The summed E-state index contributed by atoms with van der Waals surface area (Å²) in [6.07, 6.45) is 1.24. The highest BCUT2D eigenvalue weighted by atomic mass is 32.1. The lowest BCUT2D eigenvalue weighted by molar-refractivity contribution is -0.136. The molecule has 0 fully saturated rings. The Labute approximate surface area is 116 Å². The predicted octanol–water partition coefficient (Wildman–Crippen LogP) is 2.76. The highest BCUT2D eigenvalue weighted by Crippen LogP contribution is 2.30. The molecule has 0 aliphatic heterocycles. The van der Waals surface area contributed by atoms with Crippen molar-refractivity contribution in [3.8, 4) is 0 Å². The summed E-state index contributed by atoms with van der Waals surface area (Å²) in [5.41, 5.74) is -0.823. The van der Waals surface area contributed by atoms with Gasteiger partial charge >= 0.3 is 5.97 Å². The van der Waals surface area contributed by atoms with Crippen LogP contribution in [-0.2, 0) is 16.0 Å². The van der Waals surface area contributed by atoms with E-state index < -0.39 is 11.6 Å². The van der Waals surface area contributed by atoms with Crippen LogP contribution < -0.4 is 5.32 Å². The number of thiophene rings is 1. The van der Waals surface area contributed by atoms with Crippen LogP contribution >= 0.6 is 11.3 Å². The molecule has 1 aromatic heterocycles. The zero-order chi connectivity index (χ0) is 14.6. The molecular weight excluding hydrogens is 266 g/mol. The first-order valence-electron chi connectivity index (χ1n) is 6.10. The number of aromatic carboxylic acids is 1. The highest BCUT2D eigenvalue weighted by molar-refractivity contribution is 7.16. The molecule has 0 aliphatic carbocycles. The number of carboxylic acid groups (broad SMARTS) is 1. The van der Waals surface area contributed by atoms with Crippen molar-refractivity contribution in [2.24, 2.45) is 0 Å². The van der Waals surface area contributed by atoms with E-state index >= 15 is 0 Å². The Kier molecular flexibility index (Phi) is 5.08. The van der Waals surface area contributed by atoms with Crippen LogP contribution in [0.15, 0.2) is 6.07 Å². The maximum atomic E-state index is 12.1. The van der Waals surface area contributed by atoms with Gasteiger partial charge in [0.25, 0.3) is 5.91 Å². The number of methoxy groups -OCH3 is 1. The van der Waals surface area contributed by atoms with Crippen molar-refractivity contribution in [2.45, 2.75) is 39.2 Å². The zero-order valence-electron chi connectivity index (χ0n) is 11.6. The molecule has 0 aliphatic rings. The fourth-order valence-corrected chi connectivity index (χ4v) is 2.48. The summed E-state index contributed by atoms with van der Waals surface area (Å²) in [6.45, 7) is 5.46. The molecule has 1 rings (SSSR count). The second-order valence-electron chi connectivity index (χ2n) is 4.36. The van der Waals surface area contributed by atoms with Gasteiger partial charge in [-0.25, -0.2) is 4.79 Å². The van der Waals surface area contributed by atoms with Crippen LogP contribution in [0, 0.1) is 0 Å². The van der Waals surface area contributed by atoms with E-state index in [1.54, 1.807) is 13.0 Å². The maximum absolute atomic E-state index is 12.1. The van der Waals surface area contributed by atoms with Gasteiger partial charge in [0, 0.05) is 12.0 Å². The number of aryl methyl sites for hydroxylation is 1. The third kappa shape index (κ3) is 3.33. The number of ether oxygens (including phenoxy) is 1. The first kappa shape index (κ1) is 15.7. The van der Waals surface area contributed by atoms with Gasteiger partial charge in [0.1, 0.15) is 10.6 Å². The van der Waals surface area contributed by atoms with Crippen LogP contribution in [0.4, 0.5) is 5.00 Å². The van der Waals surface area contributed by atoms with Crippen LogP contribution in [0.3, 0.4) is 0 Å². The minimum Gasteiger partial charge on any atom is -0.478 e. The van der Waals surface area contributed by atoms with Crippen molar-refractivity contribution in [1.82, 2.24) is 0 Å². The van der Waals surface area contributed by atoms with Crippen LogP contribution in [0.5, 0.6) is 0 Å². The summed E-state index contributed by atoms with van der Waals surface area (Å²) < 4.78 is 5.20. The molecule has 1 aromatic rings. The Morgan fingerprint density at radius 1 is 1.47 bits per heavy atom. The third-order valence-corrected chi connectivity index (χ3v) is 4.39. The second-order valence-corrected chi connectivity index (χ2v) is 5.49. The van der Waals surface area contributed by atoms with Gasteiger partial charge in [0.05, 0.1) is 5.56 Å². The number of anilines is 1. The summed E-state index contributed by atoms with van der Waals surface area (Å²) >= 11 is 1.28. The first-order valence-corrected chi connectivity index (χ1v) is 6.92. The summed E-state index contributed by atoms with van der Waals surface area (Å²) in [6, 6.07) is 1.60. The van der Waals surface area contributed by atoms with Gasteiger partial charge in [-0.15, -0.1) is 11.3 Å². The van der Waals surface area contributed by atoms with Crippen molar-refractivity contribution < 1.29 is 19.4 Å². The Bertz CT molecular complexity index is 477. The van der Waals surface area contributed by atoms with Gasteiger partial charge in [-0.05, 0) is 25.8 Å². The van der Waals surface area contributed by atoms with E-state index in [9.17, 15) is 9.59 Å². The normalized spacial score (nSPS) is 13.9. The lowest BCUT2D eigenvalue weighted by Gasteiger charge is -2.24. The standard InChI is InChI=1S/C13H19NO4S/c1-5-8-7-9(11(15)16)10(19-8)14-12(17)13(3,6-2)18-4/h7H,5-6H2,1-4H3,(H,14,17)(H,15,16). The van der Waals surface area contributed by atoms with Gasteiger partial charge < -0.3 is 15.2 Å². The van der Waals surface area contributed by atoms with E-state index in [1.165, 1.54) is 18.4 Å². The fourth-order valence-electron chi connectivity index (χ4n) is 1.50. The van der Waals surface area contributed by atoms with E-state index in [4.69, 9.17) is 9.84 Å². The summed E-state index contributed by atoms with van der Waals surface area (Å²) in [4.78, 5) is 24.2. The van der Waals surface area contributed by atoms with Crippen molar-refractivity contribution in [2.75, 3.05) is 12.4 Å². The molecule has 1 amide bonds. The maximum Gasteiger partial charge on any atom is 0.338 e. The minimum absolute atomic E-state index is 0.129. The summed E-state index contributed by atoms with van der Waals surface area (Å²) in [5.74, 6) is -1.37. The average molecular weight is 285 g/mol. The molecule has 0 spiro atoms. The lowest BCUT2D eigenvalue weighted by atomic mass is 10.0. The molecule has 5 nitrogen and oxygen atoms in total. The first-order chi connectivity index (χ1) is 8.87. The molecule has 1 atom stereocenters.